The Morgan fingerprint density at radius 3 is 2.79 bits per heavy atom. The second-order valence-corrected chi connectivity index (χ2v) is 3.49. The van der Waals surface area contributed by atoms with Gasteiger partial charge in [-0.2, -0.15) is 0 Å². The van der Waals surface area contributed by atoms with Crippen molar-refractivity contribution >= 4 is 5.82 Å². The number of nitrogens with zero attached hydrogens (tertiary/aromatic N) is 3. The van der Waals surface area contributed by atoms with E-state index in [0.717, 1.165) is 39.4 Å². The summed E-state index contributed by atoms with van der Waals surface area (Å²) in [5, 5.41) is 0. The van der Waals surface area contributed by atoms with Gasteiger partial charge in [0, 0.05) is 32.4 Å². The largest absolute Gasteiger partial charge is 0.382 e. The average molecular weight is 196 g/mol. The van der Waals surface area contributed by atoms with Gasteiger partial charge in [-0.25, -0.2) is 4.98 Å². The molecule has 0 unspecified atom stereocenters. The SMILES string of the molecule is Nc1cn(CCN2CCOCC2)cn1. The predicted molar refractivity (Wildman–Crippen MR) is 53.9 cm³/mol. The van der Waals surface area contributed by atoms with Gasteiger partial charge in [0.15, 0.2) is 0 Å². The highest BCUT2D eigenvalue weighted by atomic mass is 16.5. The summed E-state index contributed by atoms with van der Waals surface area (Å²) >= 11 is 0. The molecule has 0 aromatic carbocycles. The number of aromatic nitrogens is 2. The molecule has 1 aliphatic rings. The van der Waals surface area contributed by atoms with Crippen LogP contribution in [-0.4, -0.2) is 47.3 Å². The number of imidazole rings is 1. The molecule has 14 heavy (non-hydrogen) atoms. The molecule has 2 rings (SSSR count). The molecule has 0 bridgehead atoms. The molecule has 1 aromatic heterocycles. The summed E-state index contributed by atoms with van der Waals surface area (Å²) in [5.41, 5.74) is 5.52. The van der Waals surface area contributed by atoms with Crippen LogP contribution in [0, 0.1) is 0 Å². The number of morpholine rings is 1. The highest BCUT2D eigenvalue weighted by Crippen LogP contribution is 2.00. The zero-order chi connectivity index (χ0) is 9.80. The molecule has 0 atom stereocenters. The van der Waals surface area contributed by atoms with E-state index in [1.165, 1.54) is 0 Å². The van der Waals surface area contributed by atoms with Crippen molar-refractivity contribution < 1.29 is 4.74 Å². The van der Waals surface area contributed by atoms with Crippen LogP contribution in [0.5, 0.6) is 0 Å². The van der Waals surface area contributed by atoms with Crippen molar-refractivity contribution in [2.75, 3.05) is 38.6 Å². The first kappa shape index (κ1) is 9.48. The maximum Gasteiger partial charge on any atom is 0.141 e. The van der Waals surface area contributed by atoms with E-state index in [-0.39, 0.29) is 0 Å². The van der Waals surface area contributed by atoms with Gasteiger partial charge >= 0.3 is 0 Å². The minimum atomic E-state index is 0.590. The van der Waals surface area contributed by atoms with Gasteiger partial charge in [0.2, 0.25) is 0 Å². The first-order chi connectivity index (χ1) is 6.84. The lowest BCUT2D eigenvalue weighted by Gasteiger charge is -2.26. The van der Waals surface area contributed by atoms with E-state index >= 15 is 0 Å². The van der Waals surface area contributed by atoms with E-state index in [1.807, 2.05) is 10.8 Å². The van der Waals surface area contributed by atoms with Crippen molar-refractivity contribution in [3.05, 3.63) is 12.5 Å². The normalized spacial score (nSPS) is 18.6. The molecule has 78 valence electrons. The molecule has 5 nitrogen and oxygen atoms in total. The monoisotopic (exact) mass is 196 g/mol. The number of ether oxygens (including phenoxy) is 1. The third-order valence-corrected chi connectivity index (χ3v) is 2.43. The van der Waals surface area contributed by atoms with E-state index in [1.54, 1.807) is 6.33 Å². The van der Waals surface area contributed by atoms with Crippen molar-refractivity contribution in [1.82, 2.24) is 14.5 Å². The van der Waals surface area contributed by atoms with Gasteiger partial charge in [-0.05, 0) is 0 Å². The lowest BCUT2D eigenvalue weighted by Crippen LogP contribution is -2.38. The molecule has 0 amide bonds. The number of rotatable bonds is 3. The number of anilines is 1. The third-order valence-electron chi connectivity index (χ3n) is 2.43. The zero-order valence-corrected chi connectivity index (χ0v) is 8.22. The summed E-state index contributed by atoms with van der Waals surface area (Å²) in [7, 11) is 0. The fourth-order valence-electron chi connectivity index (χ4n) is 1.58. The third kappa shape index (κ3) is 2.46. The van der Waals surface area contributed by atoms with Crippen LogP contribution >= 0.6 is 0 Å². The van der Waals surface area contributed by atoms with Gasteiger partial charge in [-0.3, -0.25) is 4.90 Å². The lowest BCUT2D eigenvalue weighted by molar-refractivity contribution is 0.0364. The van der Waals surface area contributed by atoms with E-state index in [9.17, 15) is 0 Å². The zero-order valence-electron chi connectivity index (χ0n) is 8.22. The van der Waals surface area contributed by atoms with E-state index in [4.69, 9.17) is 10.5 Å². The van der Waals surface area contributed by atoms with E-state index < -0.39 is 0 Å². The van der Waals surface area contributed by atoms with Crippen LogP contribution in [0.3, 0.4) is 0 Å². The second kappa shape index (κ2) is 4.43. The first-order valence-corrected chi connectivity index (χ1v) is 4.92. The molecule has 5 heteroatoms. The highest BCUT2D eigenvalue weighted by molar-refractivity contribution is 5.22. The Balaban J connectivity index is 1.76. The maximum absolute atomic E-state index is 5.52. The molecule has 1 aliphatic heterocycles. The summed E-state index contributed by atoms with van der Waals surface area (Å²) in [4.78, 5) is 6.37. The van der Waals surface area contributed by atoms with Gasteiger partial charge in [0.05, 0.1) is 19.5 Å². The summed E-state index contributed by atoms with van der Waals surface area (Å²) in [5.74, 6) is 0.590. The quantitative estimate of drug-likeness (QED) is 0.727. The molecule has 1 saturated heterocycles. The number of hydrogen-bond donors (Lipinski definition) is 1. The molecule has 0 radical (unpaired) electrons. The smallest absolute Gasteiger partial charge is 0.141 e. The van der Waals surface area contributed by atoms with Crippen molar-refractivity contribution in [3.8, 4) is 0 Å². The molecule has 2 N–H and O–H groups in total. The Morgan fingerprint density at radius 1 is 1.36 bits per heavy atom. The number of nitrogen functional groups attached to an aromatic ring is 1. The standard InChI is InChI=1S/C9H16N4O/c10-9-7-13(8-11-9)2-1-12-3-5-14-6-4-12/h7-8H,1-6,10H2. The van der Waals surface area contributed by atoms with E-state index in [2.05, 4.69) is 9.88 Å². The Bertz CT molecular complexity index is 280. The summed E-state index contributed by atoms with van der Waals surface area (Å²) in [6, 6.07) is 0. The second-order valence-electron chi connectivity index (χ2n) is 3.49. The van der Waals surface area contributed by atoms with Gasteiger partial charge < -0.3 is 15.0 Å². The molecule has 0 aliphatic carbocycles. The molecule has 0 saturated carbocycles. The van der Waals surface area contributed by atoms with Crippen LogP contribution in [-0.2, 0) is 11.3 Å². The van der Waals surface area contributed by atoms with Crippen molar-refractivity contribution in [3.63, 3.8) is 0 Å². The molecule has 0 spiro atoms. The van der Waals surface area contributed by atoms with Crippen molar-refractivity contribution in [1.29, 1.82) is 0 Å². The van der Waals surface area contributed by atoms with Gasteiger partial charge in [-0.15, -0.1) is 0 Å². The maximum atomic E-state index is 5.52. The van der Waals surface area contributed by atoms with Gasteiger partial charge in [0.1, 0.15) is 5.82 Å². The summed E-state index contributed by atoms with van der Waals surface area (Å²) in [6.45, 7) is 5.76. The van der Waals surface area contributed by atoms with Crippen molar-refractivity contribution in [2.45, 2.75) is 6.54 Å². The topological polar surface area (TPSA) is 56.3 Å². The predicted octanol–water partition coefficient (Wildman–Crippen LogP) is -0.203. The molecular weight excluding hydrogens is 180 g/mol. The molecule has 1 aromatic rings. The molecule has 2 heterocycles. The Hall–Kier alpha value is -1.07. The van der Waals surface area contributed by atoms with Crippen LogP contribution in [0.1, 0.15) is 0 Å². The first-order valence-electron chi connectivity index (χ1n) is 4.92. The lowest BCUT2D eigenvalue weighted by atomic mass is 10.4. The van der Waals surface area contributed by atoms with Crippen LogP contribution in [0.15, 0.2) is 12.5 Å². The Labute approximate surface area is 83.5 Å². The number of nitrogens with two attached hydrogens (primary N) is 1. The minimum Gasteiger partial charge on any atom is -0.382 e. The fraction of sp³-hybridized carbons (Fsp3) is 0.667. The summed E-state index contributed by atoms with van der Waals surface area (Å²) in [6.07, 6.45) is 3.64. The average Bonchev–Trinajstić information content (AvgIpc) is 2.63. The number of hydrogen-bond acceptors (Lipinski definition) is 4. The summed E-state index contributed by atoms with van der Waals surface area (Å²) < 4.78 is 7.29. The molecular formula is C9H16N4O. The van der Waals surface area contributed by atoms with Crippen molar-refractivity contribution in [2.24, 2.45) is 0 Å². The minimum absolute atomic E-state index is 0.590. The Kier molecular flexibility index (Phi) is 3.00. The van der Waals surface area contributed by atoms with Gasteiger partial charge in [0.25, 0.3) is 0 Å². The van der Waals surface area contributed by atoms with Crippen LogP contribution in [0.25, 0.3) is 0 Å². The fourth-order valence-corrected chi connectivity index (χ4v) is 1.58. The van der Waals surface area contributed by atoms with Gasteiger partial charge in [-0.1, -0.05) is 0 Å². The van der Waals surface area contributed by atoms with Crippen LogP contribution in [0.4, 0.5) is 5.82 Å². The molecule has 1 fully saturated rings. The van der Waals surface area contributed by atoms with Crippen LogP contribution < -0.4 is 5.73 Å². The van der Waals surface area contributed by atoms with E-state index in [0.29, 0.717) is 5.82 Å². The highest BCUT2D eigenvalue weighted by Gasteiger charge is 2.09. The Morgan fingerprint density at radius 2 is 2.14 bits per heavy atom. The van der Waals surface area contributed by atoms with Crippen LogP contribution in [0.2, 0.25) is 0 Å².